The third-order valence-electron chi connectivity index (χ3n) is 5.08. The number of thiocarbonyl (C=S) groups is 1. The molecule has 0 bridgehead atoms. The summed E-state index contributed by atoms with van der Waals surface area (Å²) in [6, 6.07) is 15.0. The van der Waals surface area contributed by atoms with Gasteiger partial charge in [0.25, 0.3) is 5.89 Å². The lowest BCUT2D eigenvalue weighted by molar-refractivity contribution is 0.397. The Bertz CT molecular complexity index is 1130. The summed E-state index contributed by atoms with van der Waals surface area (Å²) in [6.45, 7) is 4.79. The maximum Gasteiger partial charge on any atom is 0.258 e. The van der Waals surface area contributed by atoms with Crippen molar-refractivity contribution in [2.45, 2.75) is 19.9 Å². The van der Waals surface area contributed by atoms with Gasteiger partial charge >= 0.3 is 0 Å². The van der Waals surface area contributed by atoms with Crippen LogP contribution in [0.15, 0.2) is 58.8 Å². The molecular weight excluding hydrogens is 420 g/mol. The number of ether oxygens (including phenoxy) is 1. The predicted molar refractivity (Wildman–Crippen MR) is 121 cm³/mol. The van der Waals surface area contributed by atoms with E-state index in [9.17, 15) is 0 Å². The molecule has 4 rings (SSSR count). The zero-order valence-electron chi connectivity index (χ0n) is 16.8. The normalized spacial score (nSPS) is 16.6. The number of nitrogens with one attached hydrogen (secondary N) is 1. The molecule has 0 saturated heterocycles. The lowest BCUT2D eigenvalue weighted by Crippen LogP contribution is -2.45. The second-order valence-corrected chi connectivity index (χ2v) is 7.66. The summed E-state index contributed by atoms with van der Waals surface area (Å²) < 4.78 is 11.1. The van der Waals surface area contributed by atoms with Gasteiger partial charge in [-0.2, -0.15) is 4.98 Å². The summed E-state index contributed by atoms with van der Waals surface area (Å²) in [6.07, 6.45) is 0. The minimum Gasteiger partial charge on any atom is -0.497 e. The Morgan fingerprint density at radius 1 is 1.23 bits per heavy atom. The van der Waals surface area contributed by atoms with Crippen LogP contribution in [0.25, 0.3) is 17.0 Å². The third-order valence-corrected chi connectivity index (χ3v) is 5.65. The monoisotopic (exact) mass is 440 g/mol. The molecule has 8 heteroatoms. The number of methoxy groups -OCH3 is 1. The standard InChI is InChI=1S/C22H21ClN4O2S/c1-4-27-13(2)18(19(24-22(27)30)14-7-6-10-17(12-14)28-3)21-25-20(26-29-21)15-8-5-9-16(23)11-15/h5-12,19H,4H2,1-3H3,(H,24,30). The highest BCUT2D eigenvalue weighted by atomic mass is 35.5. The van der Waals surface area contributed by atoms with Crippen LogP contribution in [0.2, 0.25) is 5.02 Å². The van der Waals surface area contributed by atoms with E-state index in [4.69, 9.17) is 33.1 Å². The Kier molecular flexibility index (Phi) is 5.74. The maximum atomic E-state index is 6.12. The molecular formula is C22H21ClN4O2S. The third kappa shape index (κ3) is 3.78. The van der Waals surface area contributed by atoms with Crippen LogP contribution in [0, 0.1) is 0 Å². The lowest BCUT2D eigenvalue weighted by Gasteiger charge is -2.36. The first-order chi connectivity index (χ1) is 14.5. The molecule has 1 unspecified atom stereocenters. The summed E-state index contributed by atoms with van der Waals surface area (Å²) in [5, 5.41) is 8.87. The number of hydrogen-bond donors (Lipinski definition) is 1. The van der Waals surface area contributed by atoms with Gasteiger partial charge in [-0.15, -0.1) is 0 Å². The van der Waals surface area contributed by atoms with Crippen LogP contribution in [0.1, 0.15) is 31.3 Å². The highest BCUT2D eigenvalue weighted by molar-refractivity contribution is 7.80. The van der Waals surface area contributed by atoms with Crippen LogP contribution >= 0.6 is 23.8 Å². The van der Waals surface area contributed by atoms with Gasteiger partial charge < -0.3 is 19.5 Å². The van der Waals surface area contributed by atoms with Crippen LogP contribution in [0.4, 0.5) is 0 Å². The van der Waals surface area contributed by atoms with Gasteiger partial charge in [0.1, 0.15) is 5.75 Å². The number of hydrogen-bond acceptors (Lipinski definition) is 5. The summed E-state index contributed by atoms with van der Waals surface area (Å²) in [7, 11) is 1.65. The number of rotatable bonds is 5. The molecule has 0 aliphatic carbocycles. The molecule has 2 aromatic carbocycles. The molecule has 30 heavy (non-hydrogen) atoms. The van der Waals surface area contributed by atoms with E-state index in [-0.39, 0.29) is 6.04 Å². The first kappa shape index (κ1) is 20.4. The zero-order valence-corrected chi connectivity index (χ0v) is 18.4. The number of halogens is 1. The van der Waals surface area contributed by atoms with Crippen molar-refractivity contribution in [3.05, 3.63) is 70.7 Å². The van der Waals surface area contributed by atoms with E-state index < -0.39 is 0 Å². The van der Waals surface area contributed by atoms with Gasteiger partial charge in [-0.25, -0.2) is 0 Å². The Labute approximate surface area is 185 Å². The van der Waals surface area contributed by atoms with Gasteiger partial charge in [-0.05, 0) is 55.9 Å². The number of benzene rings is 2. The van der Waals surface area contributed by atoms with Gasteiger partial charge in [0.05, 0.1) is 18.7 Å². The van der Waals surface area contributed by atoms with Gasteiger partial charge in [-0.1, -0.05) is 41.0 Å². The van der Waals surface area contributed by atoms with E-state index in [0.29, 0.717) is 21.9 Å². The molecule has 3 aromatic rings. The number of nitrogens with zero attached hydrogens (tertiary/aromatic N) is 3. The summed E-state index contributed by atoms with van der Waals surface area (Å²) in [5.41, 5.74) is 3.62. The van der Waals surface area contributed by atoms with Crippen LogP contribution in [0.5, 0.6) is 5.75 Å². The molecule has 0 amide bonds. The molecule has 1 aliphatic heterocycles. The second-order valence-electron chi connectivity index (χ2n) is 6.84. The Hall–Kier alpha value is -2.90. The quantitative estimate of drug-likeness (QED) is 0.555. The summed E-state index contributed by atoms with van der Waals surface area (Å²) in [5.74, 6) is 1.68. The molecule has 0 saturated carbocycles. The maximum absolute atomic E-state index is 6.12. The van der Waals surface area contributed by atoms with Crippen molar-refractivity contribution in [1.29, 1.82) is 0 Å². The Balaban J connectivity index is 1.82. The minimum atomic E-state index is -0.247. The molecule has 1 aromatic heterocycles. The Morgan fingerprint density at radius 3 is 2.77 bits per heavy atom. The van der Waals surface area contributed by atoms with Gasteiger partial charge in [0, 0.05) is 22.8 Å². The van der Waals surface area contributed by atoms with Crippen molar-refractivity contribution >= 4 is 34.5 Å². The average molecular weight is 441 g/mol. The lowest BCUT2D eigenvalue weighted by atomic mass is 9.94. The molecule has 1 aliphatic rings. The van der Waals surface area contributed by atoms with Gasteiger partial charge in [-0.3, -0.25) is 0 Å². The largest absolute Gasteiger partial charge is 0.497 e. The summed E-state index contributed by atoms with van der Waals surface area (Å²) in [4.78, 5) is 6.69. The zero-order chi connectivity index (χ0) is 21.3. The molecule has 154 valence electrons. The highest BCUT2D eigenvalue weighted by Gasteiger charge is 2.33. The van der Waals surface area contributed by atoms with Crippen molar-refractivity contribution in [3.63, 3.8) is 0 Å². The van der Waals surface area contributed by atoms with Gasteiger partial charge in [0.15, 0.2) is 5.11 Å². The number of aromatic nitrogens is 2. The van der Waals surface area contributed by atoms with Crippen LogP contribution in [-0.2, 0) is 0 Å². The van der Waals surface area contributed by atoms with Gasteiger partial charge in [0.2, 0.25) is 5.82 Å². The van der Waals surface area contributed by atoms with E-state index in [1.165, 1.54) is 0 Å². The van der Waals surface area contributed by atoms with E-state index in [0.717, 1.165) is 34.7 Å². The predicted octanol–water partition coefficient (Wildman–Crippen LogP) is 5.08. The first-order valence-electron chi connectivity index (χ1n) is 9.54. The minimum absolute atomic E-state index is 0.247. The smallest absolute Gasteiger partial charge is 0.258 e. The van der Waals surface area contributed by atoms with Crippen molar-refractivity contribution in [3.8, 4) is 17.1 Å². The Morgan fingerprint density at radius 2 is 2.03 bits per heavy atom. The van der Waals surface area contributed by atoms with E-state index in [1.54, 1.807) is 7.11 Å². The van der Waals surface area contributed by atoms with Crippen LogP contribution in [-0.4, -0.2) is 33.8 Å². The summed E-state index contributed by atoms with van der Waals surface area (Å²) >= 11 is 11.7. The molecule has 1 atom stereocenters. The topological polar surface area (TPSA) is 63.4 Å². The van der Waals surface area contributed by atoms with Crippen molar-refractivity contribution in [2.24, 2.45) is 0 Å². The molecule has 1 N–H and O–H groups in total. The molecule has 2 heterocycles. The van der Waals surface area contributed by atoms with E-state index in [1.807, 2.05) is 67.3 Å². The molecule has 6 nitrogen and oxygen atoms in total. The molecule has 0 radical (unpaired) electrons. The van der Waals surface area contributed by atoms with Crippen molar-refractivity contribution in [1.82, 2.24) is 20.4 Å². The fourth-order valence-electron chi connectivity index (χ4n) is 3.59. The van der Waals surface area contributed by atoms with Crippen molar-refractivity contribution < 1.29 is 9.26 Å². The molecule has 0 fully saturated rings. The van der Waals surface area contributed by atoms with E-state index in [2.05, 4.69) is 15.5 Å². The highest BCUT2D eigenvalue weighted by Crippen LogP contribution is 2.38. The fourth-order valence-corrected chi connectivity index (χ4v) is 4.16. The second kappa shape index (κ2) is 8.45. The van der Waals surface area contributed by atoms with Crippen LogP contribution in [0.3, 0.4) is 0 Å². The van der Waals surface area contributed by atoms with E-state index >= 15 is 0 Å². The fraction of sp³-hybridized carbons (Fsp3) is 0.227. The molecule has 0 spiro atoms. The van der Waals surface area contributed by atoms with Crippen molar-refractivity contribution in [2.75, 3.05) is 13.7 Å². The first-order valence-corrected chi connectivity index (χ1v) is 10.3. The number of allylic oxidation sites excluding steroid dienone is 1. The van der Waals surface area contributed by atoms with Crippen LogP contribution < -0.4 is 10.1 Å². The average Bonchev–Trinajstić information content (AvgIpc) is 3.23. The SMILES string of the molecule is CCN1C(=S)NC(c2cccc(OC)c2)C(c2nc(-c3cccc(Cl)c3)no2)=C1C.